The zero-order valence-electron chi connectivity index (χ0n) is 12.4. The van der Waals surface area contributed by atoms with Crippen LogP contribution in [0.5, 0.6) is 0 Å². The van der Waals surface area contributed by atoms with Gasteiger partial charge in [0.2, 0.25) is 0 Å². The fraction of sp³-hybridized carbons (Fsp3) is 0.667. The Hall–Kier alpha value is -1.34. The van der Waals surface area contributed by atoms with Crippen LogP contribution in [0.15, 0.2) is 18.2 Å². The molecule has 0 unspecified atom stereocenters. The minimum absolute atomic E-state index is 0.425. The SMILES string of the molecule is FC(F)(F)c1cccc(N2CCN(C[C@@H]3CCCN3)CC2)n1. The van der Waals surface area contributed by atoms with Crippen LogP contribution < -0.4 is 10.2 Å². The molecule has 0 aliphatic carbocycles. The molecule has 1 atom stereocenters. The first-order valence-electron chi connectivity index (χ1n) is 7.77. The van der Waals surface area contributed by atoms with Crippen molar-refractivity contribution >= 4 is 5.82 Å². The second-order valence-corrected chi connectivity index (χ2v) is 5.96. The Bertz CT molecular complexity index is 492. The summed E-state index contributed by atoms with van der Waals surface area (Å²) in [5, 5.41) is 3.48. The molecule has 0 saturated carbocycles. The Morgan fingerprint density at radius 1 is 1.18 bits per heavy atom. The summed E-state index contributed by atoms with van der Waals surface area (Å²) in [6.07, 6.45) is -1.93. The molecule has 1 N–H and O–H groups in total. The Labute approximate surface area is 128 Å². The minimum atomic E-state index is -4.38. The van der Waals surface area contributed by atoms with Crippen molar-refractivity contribution in [3.05, 3.63) is 23.9 Å². The van der Waals surface area contributed by atoms with Gasteiger partial charge in [-0.1, -0.05) is 6.07 Å². The third-order valence-electron chi connectivity index (χ3n) is 4.36. The van der Waals surface area contributed by atoms with Crippen LogP contribution in [0.1, 0.15) is 18.5 Å². The van der Waals surface area contributed by atoms with Gasteiger partial charge >= 0.3 is 6.18 Å². The fourth-order valence-corrected chi connectivity index (χ4v) is 3.14. The van der Waals surface area contributed by atoms with Crippen LogP contribution in [0.3, 0.4) is 0 Å². The minimum Gasteiger partial charge on any atom is -0.354 e. The van der Waals surface area contributed by atoms with Crippen LogP contribution in [0.25, 0.3) is 0 Å². The number of nitrogens with one attached hydrogen (secondary N) is 1. The molecule has 2 saturated heterocycles. The number of hydrogen-bond donors (Lipinski definition) is 1. The maximum atomic E-state index is 12.7. The predicted molar refractivity (Wildman–Crippen MR) is 78.9 cm³/mol. The predicted octanol–water partition coefficient (Wildman–Crippen LogP) is 1.97. The molecule has 7 heteroatoms. The summed E-state index contributed by atoms with van der Waals surface area (Å²) < 4.78 is 38.2. The van der Waals surface area contributed by atoms with Crippen LogP contribution in [0.4, 0.5) is 19.0 Å². The molecule has 4 nitrogen and oxygen atoms in total. The van der Waals surface area contributed by atoms with Gasteiger partial charge in [-0.25, -0.2) is 4.98 Å². The van der Waals surface area contributed by atoms with Gasteiger partial charge < -0.3 is 10.2 Å². The van der Waals surface area contributed by atoms with Crippen molar-refractivity contribution in [3.8, 4) is 0 Å². The van der Waals surface area contributed by atoms with Crippen molar-refractivity contribution in [2.45, 2.75) is 25.1 Å². The molecule has 122 valence electrons. The normalized spacial score (nSPS) is 24.0. The lowest BCUT2D eigenvalue weighted by Gasteiger charge is -2.36. The van der Waals surface area contributed by atoms with Crippen molar-refractivity contribution in [2.24, 2.45) is 0 Å². The number of halogens is 3. The highest BCUT2D eigenvalue weighted by Gasteiger charge is 2.33. The maximum absolute atomic E-state index is 12.7. The Morgan fingerprint density at radius 3 is 2.59 bits per heavy atom. The molecule has 3 rings (SSSR count). The summed E-state index contributed by atoms with van der Waals surface area (Å²) in [5.74, 6) is 0.425. The smallest absolute Gasteiger partial charge is 0.354 e. The van der Waals surface area contributed by atoms with E-state index in [0.717, 1.165) is 45.3 Å². The summed E-state index contributed by atoms with van der Waals surface area (Å²) in [5.41, 5.74) is -0.817. The van der Waals surface area contributed by atoms with Gasteiger partial charge in [0.25, 0.3) is 0 Å². The first-order chi connectivity index (χ1) is 10.5. The molecule has 0 bridgehead atoms. The highest BCUT2D eigenvalue weighted by molar-refractivity contribution is 5.40. The van der Waals surface area contributed by atoms with Gasteiger partial charge in [-0.05, 0) is 31.5 Å². The summed E-state index contributed by atoms with van der Waals surface area (Å²) in [4.78, 5) is 8.09. The largest absolute Gasteiger partial charge is 0.433 e. The number of alkyl halides is 3. The number of anilines is 1. The molecular formula is C15H21F3N4. The monoisotopic (exact) mass is 314 g/mol. The van der Waals surface area contributed by atoms with E-state index in [1.807, 2.05) is 4.90 Å². The Morgan fingerprint density at radius 2 is 1.95 bits per heavy atom. The lowest BCUT2D eigenvalue weighted by Crippen LogP contribution is -2.50. The van der Waals surface area contributed by atoms with Gasteiger partial charge in [-0.15, -0.1) is 0 Å². The first kappa shape index (κ1) is 15.6. The third-order valence-corrected chi connectivity index (χ3v) is 4.36. The Balaban J connectivity index is 1.57. The Kier molecular flexibility index (Phi) is 4.54. The second-order valence-electron chi connectivity index (χ2n) is 5.96. The summed E-state index contributed by atoms with van der Waals surface area (Å²) in [6, 6.07) is 4.67. The average Bonchev–Trinajstić information content (AvgIpc) is 3.00. The average molecular weight is 314 g/mol. The zero-order valence-corrected chi connectivity index (χ0v) is 12.4. The fourth-order valence-electron chi connectivity index (χ4n) is 3.14. The topological polar surface area (TPSA) is 31.4 Å². The van der Waals surface area contributed by atoms with Crippen LogP contribution in [0, 0.1) is 0 Å². The zero-order chi connectivity index (χ0) is 15.6. The lowest BCUT2D eigenvalue weighted by atomic mass is 10.2. The first-order valence-corrected chi connectivity index (χ1v) is 7.77. The van der Waals surface area contributed by atoms with Gasteiger partial charge in [-0.2, -0.15) is 13.2 Å². The molecule has 2 fully saturated rings. The van der Waals surface area contributed by atoms with Gasteiger partial charge in [0, 0.05) is 38.8 Å². The number of pyridine rings is 1. The van der Waals surface area contributed by atoms with Gasteiger partial charge in [0.05, 0.1) is 0 Å². The van der Waals surface area contributed by atoms with Crippen molar-refractivity contribution in [1.29, 1.82) is 0 Å². The van der Waals surface area contributed by atoms with E-state index in [4.69, 9.17) is 0 Å². The van der Waals surface area contributed by atoms with E-state index in [9.17, 15) is 13.2 Å². The van der Waals surface area contributed by atoms with Gasteiger partial charge in [-0.3, -0.25) is 4.90 Å². The molecular weight excluding hydrogens is 293 g/mol. The summed E-state index contributed by atoms with van der Waals surface area (Å²) >= 11 is 0. The molecule has 1 aromatic rings. The molecule has 2 aliphatic heterocycles. The van der Waals surface area contributed by atoms with Crippen molar-refractivity contribution in [3.63, 3.8) is 0 Å². The van der Waals surface area contributed by atoms with Crippen molar-refractivity contribution < 1.29 is 13.2 Å². The van der Waals surface area contributed by atoms with Crippen LogP contribution >= 0.6 is 0 Å². The molecule has 3 heterocycles. The van der Waals surface area contributed by atoms with E-state index in [2.05, 4.69) is 15.2 Å². The number of nitrogens with zero attached hydrogens (tertiary/aromatic N) is 3. The maximum Gasteiger partial charge on any atom is 0.433 e. The number of hydrogen-bond acceptors (Lipinski definition) is 4. The second kappa shape index (κ2) is 6.42. The van der Waals surface area contributed by atoms with E-state index in [1.165, 1.54) is 18.9 Å². The van der Waals surface area contributed by atoms with Gasteiger partial charge in [0.1, 0.15) is 11.5 Å². The van der Waals surface area contributed by atoms with Crippen LogP contribution in [-0.4, -0.2) is 55.2 Å². The van der Waals surface area contributed by atoms with Crippen molar-refractivity contribution in [1.82, 2.24) is 15.2 Å². The third kappa shape index (κ3) is 3.70. The highest BCUT2D eigenvalue weighted by Crippen LogP contribution is 2.29. The molecule has 22 heavy (non-hydrogen) atoms. The molecule has 0 amide bonds. The van der Waals surface area contributed by atoms with Crippen LogP contribution in [0.2, 0.25) is 0 Å². The molecule has 1 aromatic heterocycles. The van der Waals surface area contributed by atoms with E-state index in [1.54, 1.807) is 6.07 Å². The summed E-state index contributed by atoms with van der Waals surface area (Å²) in [7, 11) is 0. The molecule has 2 aliphatic rings. The number of piperazine rings is 1. The molecule has 0 radical (unpaired) electrons. The number of rotatable bonds is 3. The van der Waals surface area contributed by atoms with E-state index in [0.29, 0.717) is 11.9 Å². The standard InChI is InChI=1S/C15H21F3N4/c16-15(17,18)13-4-1-5-14(20-13)22-9-7-21(8-10-22)11-12-3-2-6-19-12/h1,4-5,12,19H,2-3,6-11H2/t12-/m0/s1. The van der Waals surface area contributed by atoms with Gasteiger partial charge in [0.15, 0.2) is 0 Å². The quantitative estimate of drug-likeness (QED) is 0.924. The highest BCUT2D eigenvalue weighted by atomic mass is 19.4. The van der Waals surface area contributed by atoms with E-state index in [-0.39, 0.29) is 0 Å². The lowest BCUT2D eigenvalue weighted by molar-refractivity contribution is -0.141. The van der Waals surface area contributed by atoms with E-state index < -0.39 is 11.9 Å². The van der Waals surface area contributed by atoms with Crippen molar-refractivity contribution in [2.75, 3.05) is 44.2 Å². The molecule has 0 aromatic carbocycles. The van der Waals surface area contributed by atoms with Crippen LogP contribution in [-0.2, 0) is 6.18 Å². The van der Waals surface area contributed by atoms with E-state index >= 15 is 0 Å². The number of aromatic nitrogens is 1. The molecule has 0 spiro atoms. The summed E-state index contributed by atoms with van der Waals surface area (Å²) in [6.45, 7) is 5.32.